The molecule has 2 fully saturated rings. The van der Waals surface area contributed by atoms with E-state index >= 15 is 0 Å². The van der Waals surface area contributed by atoms with Crippen LogP contribution in [-0.2, 0) is 14.6 Å². The summed E-state index contributed by atoms with van der Waals surface area (Å²) in [5.74, 6) is -0.222. The largest absolute Gasteiger partial charge is 0.333 e. The fourth-order valence-electron chi connectivity index (χ4n) is 3.54. The van der Waals surface area contributed by atoms with Gasteiger partial charge in [-0.05, 0) is 31.4 Å². The highest BCUT2D eigenvalue weighted by molar-refractivity contribution is 7.91. The third kappa shape index (κ3) is 2.76. The molecule has 0 N–H and O–H groups in total. The van der Waals surface area contributed by atoms with Crippen LogP contribution in [-0.4, -0.2) is 42.3 Å². The summed E-state index contributed by atoms with van der Waals surface area (Å²) in [7, 11) is -3.03. The minimum atomic E-state index is -3.03. The van der Waals surface area contributed by atoms with Gasteiger partial charge in [-0.1, -0.05) is 12.1 Å². The van der Waals surface area contributed by atoms with E-state index in [1.54, 1.807) is 11.3 Å². The summed E-state index contributed by atoms with van der Waals surface area (Å²) in [5.41, 5.74) is 0.968. The Hall–Kier alpha value is -1.47. The van der Waals surface area contributed by atoms with E-state index in [0.29, 0.717) is 13.0 Å². The van der Waals surface area contributed by atoms with Crippen molar-refractivity contribution in [1.29, 1.82) is 0 Å². The Kier molecular flexibility index (Phi) is 3.65. The van der Waals surface area contributed by atoms with Gasteiger partial charge < -0.3 is 4.90 Å². The molecule has 1 aromatic heterocycles. The fraction of sp³-hybridized carbons (Fsp3) is 0.500. The van der Waals surface area contributed by atoms with Gasteiger partial charge in [0.1, 0.15) is 5.01 Å². The molecule has 2 atom stereocenters. The number of nitrogens with zero attached hydrogens (tertiary/aromatic N) is 2. The number of thiazole rings is 1. The van der Waals surface area contributed by atoms with E-state index < -0.39 is 9.84 Å². The molecule has 0 radical (unpaired) electrons. The number of benzene rings is 1. The predicted molar refractivity (Wildman–Crippen MR) is 90.1 cm³/mol. The highest BCUT2D eigenvalue weighted by atomic mass is 32.2. The van der Waals surface area contributed by atoms with Crippen LogP contribution in [0.2, 0.25) is 0 Å². The number of para-hydroxylation sites is 1. The second-order valence-electron chi connectivity index (χ2n) is 6.31. The lowest BCUT2D eigenvalue weighted by Crippen LogP contribution is -2.36. The molecule has 2 saturated heterocycles. The molecule has 7 heteroatoms. The molecule has 1 aromatic carbocycles. The van der Waals surface area contributed by atoms with Crippen LogP contribution in [0.3, 0.4) is 0 Å². The SMILES string of the molecule is O=C([C@H]1CCS(=O)(=O)C1)N1CCC[C@H]1c1nc2ccccc2s1. The molecular weight excluding hydrogens is 332 g/mol. The van der Waals surface area contributed by atoms with Crippen molar-refractivity contribution in [3.63, 3.8) is 0 Å². The van der Waals surface area contributed by atoms with Gasteiger partial charge in [0.05, 0.1) is 33.7 Å². The van der Waals surface area contributed by atoms with Gasteiger partial charge in [0, 0.05) is 6.54 Å². The zero-order chi connectivity index (χ0) is 16.0. The average molecular weight is 350 g/mol. The summed E-state index contributed by atoms with van der Waals surface area (Å²) in [6, 6.07) is 7.99. The lowest BCUT2D eigenvalue weighted by molar-refractivity contribution is -0.135. The van der Waals surface area contributed by atoms with Gasteiger partial charge in [0.15, 0.2) is 9.84 Å². The molecule has 5 nitrogen and oxygen atoms in total. The molecule has 0 saturated carbocycles. The van der Waals surface area contributed by atoms with Crippen molar-refractivity contribution in [3.05, 3.63) is 29.3 Å². The standard InChI is InChI=1S/C16H18N2O3S2/c19-16(11-7-9-23(20,21)10-11)18-8-3-5-13(18)15-17-12-4-1-2-6-14(12)22-15/h1-2,4,6,11,13H,3,5,7-10H2/t11-,13-/m0/s1. The number of carbonyl (C=O) groups excluding carboxylic acids is 1. The van der Waals surface area contributed by atoms with E-state index in [4.69, 9.17) is 0 Å². The Morgan fingerprint density at radius 1 is 1.26 bits per heavy atom. The molecule has 0 unspecified atom stereocenters. The van der Waals surface area contributed by atoms with Gasteiger partial charge in [-0.15, -0.1) is 11.3 Å². The Morgan fingerprint density at radius 3 is 2.83 bits per heavy atom. The zero-order valence-electron chi connectivity index (χ0n) is 12.6. The van der Waals surface area contributed by atoms with Crippen LogP contribution in [0.15, 0.2) is 24.3 Å². The van der Waals surface area contributed by atoms with Gasteiger partial charge >= 0.3 is 0 Å². The Balaban J connectivity index is 1.60. The molecule has 2 aliphatic heterocycles. The van der Waals surface area contributed by atoms with E-state index in [1.807, 2.05) is 29.2 Å². The van der Waals surface area contributed by atoms with Crippen molar-refractivity contribution in [2.45, 2.75) is 25.3 Å². The summed E-state index contributed by atoms with van der Waals surface area (Å²) in [4.78, 5) is 19.3. The monoisotopic (exact) mass is 350 g/mol. The number of aromatic nitrogens is 1. The van der Waals surface area contributed by atoms with Crippen molar-refractivity contribution in [2.75, 3.05) is 18.1 Å². The fourth-order valence-corrected chi connectivity index (χ4v) is 6.39. The van der Waals surface area contributed by atoms with E-state index in [1.165, 1.54) is 0 Å². The molecule has 3 heterocycles. The van der Waals surface area contributed by atoms with Crippen LogP contribution in [0.25, 0.3) is 10.2 Å². The van der Waals surface area contributed by atoms with Gasteiger partial charge in [0.25, 0.3) is 0 Å². The first-order valence-electron chi connectivity index (χ1n) is 7.90. The normalized spacial score (nSPS) is 26.9. The van der Waals surface area contributed by atoms with Gasteiger partial charge in [-0.2, -0.15) is 0 Å². The summed E-state index contributed by atoms with van der Waals surface area (Å²) in [5, 5.41) is 0.970. The minimum absolute atomic E-state index is 0.00297. The van der Waals surface area contributed by atoms with E-state index in [9.17, 15) is 13.2 Å². The number of likely N-dealkylation sites (tertiary alicyclic amines) is 1. The lowest BCUT2D eigenvalue weighted by atomic mass is 10.1. The van der Waals surface area contributed by atoms with Gasteiger partial charge in [-0.3, -0.25) is 4.79 Å². The maximum absolute atomic E-state index is 12.8. The molecular formula is C16H18N2O3S2. The highest BCUT2D eigenvalue weighted by Crippen LogP contribution is 2.38. The van der Waals surface area contributed by atoms with Crippen LogP contribution in [0.5, 0.6) is 0 Å². The molecule has 1 amide bonds. The first-order chi connectivity index (χ1) is 11.0. The third-order valence-corrected chi connectivity index (χ3v) is 7.62. The molecule has 0 spiro atoms. The number of sulfone groups is 1. The van der Waals surface area contributed by atoms with Crippen LogP contribution in [0, 0.1) is 5.92 Å². The summed E-state index contributed by atoms with van der Waals surface area (Å²) < 4.78 is 24.4. The zero-order valence-corrected chi connectivity index (χ0v) is 14.3. The van der Waals surface area contributed by atoms with E-state index in [0.717, 1.165) is 28.1 Å². The van der Waals surface area contributed by atoms with Crippen molar-refractivity contribution in [2.24, 2.45) is 5.92 Å². The maximum Gasteiger partial charge on any atom is 0.227 e. The maximum atomic E-state index is 12.8. The van der Waals surface area contributed by atoms with Crippen LogP contribution in [0.1, 0.15) is 30.3 Å². The third-order valence-electron chi connectivity index (χ3n) is 4.71. The number of carbonyl (C=O) groups is 1. The first-order valence-corrected chi connectivity index (χ1v) is 10.5. The summed E-state index contributed by atoms with van der Waals surface area (Å²) in [6.45, 7) is 0.704. The number of amides is 1. The smallest absolute Gasteiger partial charge is 0.227 e. The predicted octanol–water partition coefficient (Wildman–Crippen LogP) is 2.39. The Labute approximate surface area is 139 Å². The summed E-state index contributed by atoms with van der Waals surface area (Å²) in [6.07, 6.45) is 2.32. The Bertz CT molecular complexity index is 826. The molecule has 23 heavy (non-hydrogen) atoms. The summed E-state index contributed by atoms with van der Waals surface area (Å²) >= 11 is 1.63. The van der Waals surface area contributed by atoms with Crippen LogP contribution >= 0.6 is 11.3 Å². The minimum Gasteiger partial charge on any atom is -0.333 e. The highest BCUT2D eigenvalue weighted by Gasteiger charge is 2.40. The molecule has 0 aliphatic carbocycles. The molecule has 2 aliphatic rings. The van der Waals surface area contributed by atoms with Crippen molar-refractivity contribution < 1.29 is 13.2 Å². The van der Waals surface area contributed by atoms with Gasteiger partial charge in [-0.25, -0.2) is 13.4 Å². The molecule has 4 rings (SSSR count). The number of hydrogen-bond acceptors (Lipinski definition) is 5. The topological polar surface area (TPSA) is 67.3 Å². The quantitative estimate of drug-likeness (QED) is 0.834. The second kappa shape index (κ2) is 5.56. The first kappa shape index (κ1) is 15.1. The number of hydrogen-bond donors (Lipinski definition) is 0. The van der Waals surface area contributed by atoms with E-state index in [2.05, 4.69) is 4.98 Å². The van der Waals surface area contributed by atoms with Crippen molar-refractivity contribution in [1.82, 2.24) is 9.88 Å². The van der Waals surface area contributed by atoms with Crippen molar-refractivity contribution in [3.8, 4) is 0 Å². The van der Waals surface area contributed by atoms with Crippen LogP contribution in [0.4, 0.5) is 0 Å². The molecule has 2 aromatic rings. The van der Waals surface area contributed by atoms with Crippen LogP contribution < -0.4 is 0 Å². The second-order valence-corrected chi connectivity index (χ2v) is 9.60. The number of fused-ring (bicyclic) bond motifs is 1. The average Bonchev–Trinajstić information content (AvgIpc) is 3.22. The van der Waals surface area contributed by atoms with Gasteiger partial charge in [0.2, 0.25) is 5.91 Å². The van der Waals surface area contributed by atoms with E-state index in [-0.39, 0.29) is 29.4 Å². The molecule has 122 valence electrons. The Morgan fingerprint density at radius 2 is 2.09 bits per heavy atom. The lowest BCUT2D eigenvalue weighted by Gasteiger charge is -2.25. The number of rotatable bonds is 2. The van der Waals surface area contributed by atoms with Crippen molar-refractivity contribution >= 4 is 37.3 Å². The molecule has 0 bridgehead atoms.